The fourth-order valence-electron chi connectivity index (χ4n) is 6.14. The van der Waals surface area contributed by atoms with E-state index in [0.717, 1.165) is 5.56 Å². The summed E-state index contributed by atoms with van der Waals surface area (Å²) in [5.41, 5.74) is 4.31. The van der Waals surface area contributed by atoms with Crippen LogP contribution in [0.1, 0.15) is 79.2 Å². The maximum Gasteiger partial charge on any atom is 0.408 e. The molecule has 0 radical (unpaired) electrons. The van der Waals surface area contributed by atoms with Gasteiger partial charge in [-0.25, -0.2) is 4.79 Å². The number of hydrogen-bond acceptors (Lipinski definition) is 7. The average molecular weight is 643 g/mol. The summed E-state index contributed by atoms with van der Waals surface area (Å²) in [7, 11) is 0. The molecule has 0 aliphatic carbocycles. The molecule has 13 heteroatoms. The van der Waals surface area contributed by atoms with Crippen molar-refractivity contribution in [3.8, 4) is 0 Å². The first-order valence-corrected chi connectivity index (χ1v) is 16.1. The maximum absolute atomic E-state index is 14.5. The molecule has 0 aromatic heterocycles. The Balaban J connectivity index is 1.77. The molecule has 1 aromatic rings. The highest BCUT2D eigenvalue weighted by atomic mass is 16.6. The lowest BCUT2D eigenvalue weighted by atomic mass is 9.71. The minimum atomic E-state index is -0.973. The van der Waals surface area contributed by atoms with E-state index in [1.54, 1.807) is 37.5 Å². The second-order valence-electron chi connectivity index (χ2n) is 13.7. The molecule has 0 spiro atoms. The quantitative estimate of drug-likeness (QED) is 0.283. The van der Waals surface area contributed by atoms with Crippen molar-refractivity contribution in [2.24, 2.45) is 11.7 Å². The van der Waals surface area contributed by atoms with Gasteiger partial charge in [-0.3, -0.25) is 24.0 Å². The number of nitrogens with one attached hydrogen (secondary N) is 3. The number of benzene rings is 1. The zero-order chi connectivity index (χ0) is 34.2. The van der Waals surface area contributed by atoms with Crippen molar-refractivity contribution in [3.05, 3.63) is 35.9 Å². The molecule has 13 nitrogen and oxygen atoms in total. The number of alkyl carbamates (subject to hydrolysis) is 1. The van der Waals surface area contributed by atoms with Crippen molar-refractivity contribution in [1.82, 2.24) is 25.8 Å². The average Bonchev–Trinajstić information content (AvgIpc) is 3.48. The molecule has 3 rings (SSSR count). The SMILES string of the molecule is CC(C)CC(NC(=O)C1CCCN1C(=O)C1(c2ccccc2)CCN(C(=O)C(C)NC(=O)OC(C)(C)C)CC1)C(=O)NCC(N)=O. The molecule has 2 saturated heterocycles. The van der Waals surface area contributed by atoms with E-state index in [9.17, 15) is 28.8 Å². The molecule has 6 amide bonds. The van der Waals surface area contributed by atoms with E-state index < -0.39 is 53.0 Å². The van der Waals surface area contributed by atoms with Gasteiger partial charge in [0, 0.05) is 19.6 Å². The Bertz CT molecular complexity index is 1270. The highest BCUT2D eigenvalue weighted by Gasteiger charge is 2.49. The van der Waals surface area contributed by atoms with Crippen LogP contribution in [-0.4, -0.2) is 95.3 Å². The number of rotatable bonds is 11. The van der Waals surface area contributed by atoms with Gasteiger partial charge in [0.15, 0.2) is 0 Å². The number of carbonyl (C=O) groups excluding carboxylic acids is 6. The third kappa shape index (κ3) is 9.43. The number of amides is 6. The largest absolute Gasteiger partial charge is 0.444 e. The molecule has 2 heterocycles. The maximum atomic E-state index is 14.5. The Kier molecular flexibility index (Phi) is 12.2. The van der Waals surface area contributed by atoms with Crippen molar-refractivity contribution < 1.29 is 33.5 Å². The zero-order valence-corrected chi connectivity index (χ0v) is 27.9. The van der Waals surface area contributed by atoms with Crippen molar-refractivity contribution in [2.75, 3.05) is 26.2 Å². The summed E-state index contributed by atoms with van der Waals surface area (Å²) >= 11 is 0. The van der Waals surface area contributed by atoms with Crippen molar-refractivity contribution >= 4 is 35.6 Å². The first kappa shape index (κ1) is 36.3. The number of carbonyl (C=O) groups is 6. The predicted octanol–water partition coefficient (Wildman–Crippen LogP) is 1.58. The van der Waals surface area contributed by atoms with E-state index in [-0.39, 0.29) is 37.4 Å². The molecular formula is C33H50N6O7. The van der Waals surface area contributed by atoms with Gasteiger partial charge in [0.2, 0.25) is 29.5 Å². The molecule has 3 unspecified atom stereocenters. The molecule has 3 atom stereocenters. The van der Waals surface area contributed by atoms with Gasteiger partial charge in [-0.15, -0.1) is 0 Å². The number of ether oxygens (including phenoxy) is 1. The van der Waals surface area contributed by atoms with Gasteiger partial charge in [-0.2, -0.15) is 0 Å². The van der Waals surface area contributed by atoms with Crippen LogP contribution in [0.3, 0.4) is 0 Å². The molecule has 254 valence electrons. The smallest absolute Gasteiger partial charge is 0.408 e. The minimum absolute atomic E-state index is 0.0715. The van der Waals surface area contributed by atoms with Gasteiger partial charge in [-0.1, -0.05) is 44.2 Å². The van der Waals surface area contributed by atoms with Crippen LogP contribution in [0.15, 0.2) is 30.3 Å². The van der Waals surface area contributed by atoms with Crippen LogP contribution in [0.25, 0.3) is 0 Å². The van der Waals surface area contributed by atoms with Crippen LogP contribution in [0.4, 0.5) is 4.79 Å². The van der Waals surface area contributed by atoms with E-state index in [1.165, 1.54) is 0 Å². The molecular weight excluding hydrogens is 592 g/mol. The molecule has 5 N–H and O–H groups in total. The van der Waals surface area contributed by atoms with Gasteiger partial charge >= 0.3 is 6.09 Å². The van der Waals surface area contributed by atoms with Gasteiger partial charge < -0.3 is 36.2 Å². The molecule has 2 fully saturated rings. The van der Waals surface area contributed by atoms with Gasteiger partial charge in [0.1, 0.15) is 23.7 Å². The lowest BCUT2D eigenvalue weighted by molar-refractivity contribution is -0.147. The third-order valence-electron chi connectivity index (χ3n) is 8.36. The Labute approximate surface area is 271 Å². The van der Waals surface area contributed by atoms with E-state index >= 15 is 0 Å². The van der Waals surface area contributed by atoms with Crippen LogP contribution in [-0.2, 0) is 34.1 Å². The first-order chi connectivity index (χ1) is 21.5. The fraction of sp³-hybridized carbons (Fsp3) is 0.636. The second kappa shape index (κ2) is 15.4. The summed E-state index contributed by atoms with van der Waals surface area (Å²) in [6, 6.07) is 6.91. The number of nitrogens with zero attached hydrogens (tertiary/aromatic N) is 2. The van der Waals surface area contributed by atoms with Crippen molar-refractivity contribution in [3.63, 3.8) is 0 Å². The summed E-state index contributed by atoms with van der Waals surface area (Å²) in [6.07, 6.45) is 1.39. The third-order valence-corrected chi connectivity index (χ3v) is 8.36. The highest BCUT2D eigenvalue weighted by Crippen LogP contribution is 2.39. The Morgan fingerprint density at radius 3 is 2.17 bits per heavy atom. The zero-order valence-electron chi connectivity index (χ0n) is 27.9. The normalized spacial score (nSPS) is 19.2. The second-order valence-corrected chi connectivity index (χ2v) is 13.7. The monoisotopic (exact) mass is 642 g/mol. The number of nitrogens with two attached hydrogens (primary N) is 1. The van der Waals surface area contributed by atoms with E-state index in [1.807, 2.05) is 44.2 Å². The summed E-state index contributed by atoms with van der Waals surface area (Å²) in [5.74, 6) is -2.02. The molecule has 0 saturated carbocycles. The summed E-state index contributed by atoms with van der Waals surface area (Å²) in [6.45, 7) is 11.3. The number of primary amides is 1. The van der Waals surface area contributed by atoms with E-state index in [0.29, 0.717) is 38.6 Å². The summed E-state index contributed by atoms with van der Waals surface area (Å²) < 4.78 is 5.29. The Morgan fingerprint density at radius 1 is 0.978 bits per heavy atom. The Hall–Kier alpha value is -4.16. The standard InChI is InChI=1S/C33H50N6O7/c1-21(2)19-24(27(41)35-20-26(34)40)37-28(42)25-13-10-16-39(25)30(44)33(23-11-8-7-9-12-23)14-17-38(18-15-33)29(43)22(3)36-31(45)46-32(4,5)6/h7-9,11-12,21-22,24-25H,10,13-20H2,1-6H3,(H2,34,40)(H,35,41)(H,36,45)(H,37,42). The number of likely N-dealkylation sites (tertiary alicyclic amines) is 2. The number of piperidine rings is 1. The van der Waals surface area contributed by atoms with Gasteiger partial charge in [-0.05, 0) is 71.3 Å². The molecule has 2 aliphatic heterocycles. The molecule has 1 aromatic carbocycles. The van der Waals surface area contributed by atoms with Gasteiger partial charge in [0.05, 0.1) is 12.0 Å². The van der Waals surface area contributed by atoms with Crippen LogP contribution < -0.4 is 21.7 Å². The van der Waals surface area contributed by atoms with Crippen molar-refractivity contribution in [1.29, 1.82) is 0 Å². The molecule has 2 aliphatic rings. The fourth-order valence-corrected chi connectivity index (χ4v) is 6.14. The topological polar surface area (TPSA) is 180 Å². The van der Waals surface area contributed by atoms with Crippen LogP contribution >= 0.6 is 0 Å². The highest BCUT2D eigenvalue weighted by molar-refractivity contribution is 5.96. The van der Waals surface area contributed by atoms with Crippen LogP contribution in [0.5, 0.6) is 0 Å². The van der Waals surface area contributed by atoms with Gasteiger partial charge in [0.25, 0.3) is 0 Å². The first-order valence-electron chi connectivity index (χ1n) is 16.1. The van der Waals surface area contributed by atoms with E-state index in [2.05, 4.69) is 16.0 Å². The van der Waals surface area contributed by atoms with Crippen molar-refractivity contribution in [2.45, 2.75) is 103 Å². The number of hydrogen-bond donors (Lipinski definition) is 4. The summed E-state index contributed by atoms with van der Waals surface area (Å²) in [4.78, 5) is 81.0. The lowest BCUT2D eigenvalue weighted by Gasteiger charge is -2.44. The van der Waals surface area contributed by atoms with Crippen LogP contribution in [0, 0.1) is 5.92 Å². The molecule has 46 heavy (non-hydrogen) atoms. The Morgan fingerprint density at radius 2 is 1.61 bits per heavy atom. The molecule has 0 bridgehead atoms. The predicted molar refractivity (Wildman–Crippen MR) is 171 cm³/mol. The lowest BCUT2D eigenvalue weighted by Crippen LogP contribution is -2.59. The summed E-state index contributed by atoms with van der Waals surface area (Å²) in [5, 5.41) is 7.89. The minimum Gasteiger partial charge on any atom is -0.444 e. The van der Waals surface area contributed by atoms with Crippen LogP contribution in [0.2, 0.25) is 0 Å². The van der Waals surface area contributed by atoms with E-state index in [4.69, 9.17) is 10.5 Å².